The molecule has 1 saturated heterocycles. The monoisotopic (exact) mass is 405 g/mol. The highest BCUT2D eigenvalue weighted by Crippen LogP contribution is 2.15. The highest BCUT2D eigenvalue weighted by Gasteiger charge is 2.18. The Labute approximate surface area is 170 Å². The van der Waals surface area contributed by atoms with E-state index in [2.05, 4.69) is 15.5 Å². The molecule has 1 amide bonds. The number of rotatable bonds is 7. The molecule has 1 aliphatic rings. The fourth-order valence-electron chi connectivity index (χ4n) is 3.17. The van der Waals surface area contributed by atoms with Crippen molar-refractivity contribution in [3.8, 4) is 0 Å². The van der Waals surface area contributed by atoms with E-state index in [9.17, 15) is 14.0 Å². The van der Waals surface area contributed by atoms with Crippen molar-refractivity contribution in [1.29, 1.82) is 0 Å². The highest BCUT2D eigenvalue weighted by molar-refractivity contribution is 6.15. The quantitative estimate of drug-likeness (QED) is 0.549. The van der Waals surface area contributed by atoms with E-state index in [-0.39, 0.29) is 24.1 Å². The molecule has 5 nitrogen and oxygen atoms in total. The predicted molar refractivity (Wildman–Crippen MR) is 110 cm³/mol. The summed E-state index contributed by atoms with van der Waals surface area (Å²) in [6.07, 6.45) is 0.861. The van der Waals surface area contributed by atoms with E-state index in [1.54, 1.807) is 24.3 Å². The van der Waals surface area contributed by atoms with Crippen molar-refractivity contribution in [3.05, 3.63) is 71.0 Å². The van der Waals surface area contributed by atoms with E-state index in [0.717, 1.165) is 39.1 Å². The lowest BCUT2D eigenvalue weighted by molar-refractivity contribution is 0.0940. The fourth-order valence-corrected chi connectivity index (χ4v) is 3.17. The lowest BCUT2D eigenvalue weighted by Crippen LogP contribution is -2.44. The zero-order chi connectivity index (χ0) is 19.1. The van der Waals surface area contributed by atoms with Crippen LogP contribution in [-0.2, 0) is 0 Å². The third kappa shape index (κ3) is 5.86. The van der Waals surface area contributed by atoms with Gasteiger partial charge in [0.2, 0.25) is 0 Å². The SMILES string of the molecule is Cl.O=C(NCCCN1CCNCC1)c1ccccc1C(=O)c1ccc(F)cc1. The van der Waals surface area contributed by atoms with Gasteiger partial charge in [0.1, 0.15) is 5.82 Å². The third-order valence-corrected chi connectivity index (χ3v) is 4.67. The predicted octanol–water partition coefficient (Wildman–Crippen LogP) is 2.50. The molecule has 0 aliphatic carbocycles. The number of amides is 1. The highest BCUT2D eigenvalue weighted by atomic mass is 35.5. The standard InChI is InChI=1S/C21H24FN3O2.ClH/c22-17-8-6-16(7-9-17)20(26)18-4-1-2-5-19(18)21(27)24-10-3-13-25-14-11-23-12-15-25;/h1-2,4-9,23H,3,10-15H2,(H,24,27);1H. The van der Waals surface area contributed by atoms with Crippen LogP contribution in [-0.4, -0.2) is 55.9 Å². The Morgan fingerprint density at radius 2 is 1.64 bits per heavy atom. The Kier molecular flexibility index (Phi) is 8.57. The molecule has 28 heavy (non-hydrogen) atoms. The van der Waals surface area contributed by atoms with Crippen molar-refractivity contribution in [2.45, 2.75) is 6.42 Å². The van der Waals surface area contributed by atoms with Crippen LogP contribution >= 0.6 is 12.4 Å². The smallest absolute Gasteiger partial charge is 0.252 e. The van der Waals surface area contributed by atoms with Gasteiger partial charge in [0.25, 0.3) is 5.91 Å². The second-order valence-corrected chi connectivity index (χ2v) is 6.58. The van der Waals surface area contributed by atoms with Gasteiger partial charge in [0, 0.05) is 43.9 Å². The first-order chi connectivity index (χ1) is 13.1. The first-order valence-corrected chi connectivity index (χ1v) is 9.26. The van der Waals surface area contributed by atoms with Crippen molar-refractivity contribution >= 4 is 24.1 Å². The van der Waals surface area contributed by atoms with Gasteiger partial charge in [0.05, 0.1) is 5.56 Å². The molecule has 1 aliphatic heterocycles. The first-order valence-electron chi connectivity index (χ1n) is 9.26. The summed E-state index contributed by atoms with van der Waals surface area (Å²) in [4.78, 5) is 27.6. The molecule has 1 heterocycles. The molecule has 0 aromatic heterocycles. The zero-order valence-corrected chi connectivity index (χ0v) is 16.4. The van der Waals surface area contributed by atoms with Crippen LogP contribution < -0.4 is 10.6 Å². The molecule has 2 aromatic rings. The Hall–Kier alpha value is -2.28. The second-order valence-electron chi connectivity index (χ2n) is 6.58. The minimum atomic E-state index is -0.401. The van der Waals surface area contributed by atoms with Crippen molar-refractivity contribution in [2.75, 3.05) is 39.3 Å². The number of halogens is 2. The van der Waals surface area contributed by atoms with E-state index >= 15 is 0 Å². The maximum Gasteiger partial charge on any atom is 0.252 e. The van der Waals surface area contributed by atoms with Gasteiger partial charge in [-0.25, -0.2) is 4.39 Å². The molecular formula is C21H25ClFN3O2. The van der Waals surface area contributed by atoms with Gasteiger partial charge in [-0.1, -0.05) is 18.2 Å². The number of carbonyl (C=O) groups excluding carboxylic acids is 2. The molecule has 3 rings (SSSR count). The molecule has 1 fully saturated rings. The van der Waals surface area contributed by atoms with Gasteiger partial charge >= 0.3 is 0 Å². The fraction of sp³-hybridized carbons (Fsp3) is 0.333. The number of hydrogen-bond donors (Lipinski definition) is 2. The normalized spacial score (nSPS) is 14.2. The Balaban J connectivity index is 0.00000280. The minimum absolute atomic E-state index is 0. The average Bonchev–Trinajstić information content (AvgIpc) is 2.72. The van der Waals surface area contributed by atoms with E-state index in [0.29, 0.717) is 23.2 Å². The lowest BCUT2D eigenvalue weighted by atomic mass is 9.98. The minimum Gasteiger partial charge on any atom is -0.352 e. The number of benzene rings is 2. The van der Waals surface area contributed by atoms with Crippen molar-refractivity contribution in [1.82, 2.24) is 15.5 Å². The number of nitrogens with one attached hydrogen (secondary N) is 2. The van der Waals surface area contributed by atoms with E-state index in [1.807, 2.05) is 0 Å². The zero-order valence-electron chi connectivity index (χ0n) is 15.6. The van der Waals surface area contributed by atoms with E-state index < -0.39 is 5.82 Å². The molecular weight excluding hydrogens is 381 g/mol. The summed E-state index contributed by atoms with van der Waals surface area (Å²) in [6, 6.07) is 12.1. The number of carbonyl (C=O) groups is 2. The van der Waals surface area contributed by atoms with Crippen molar-refractivity contribution in [3.63, 3.8) is 0 Å². The Bertz CT molecular complexity index is 792. The van der Waals surface area contributed by atoms with Gasteiger partial charge in [-0.05, 0) is 43.3 Å². The van der Waals surface area contributed by atoms with Crippen LogP contribution in [0.3, 0.4) is 0 Å². The van der Waals surface area contributed by atoms with Gasteiger partial charge in [-0.3, -0.25) is 9.59 Å². The molecule has 0 radical (unpaired) electrons. The maximum absolute atomic E-state index is 13.1. The van der Waals surface area contributed by atoms with Gasteiger partial charge in [0.15, 0.2) is 5.78 Å². The topological polar surface area (TPSA) is 61.4 Å². The van der Waals surface area contributed by atoms with Crippen LogP contribution in [0.25, 0.3) is 0 Å². The Morgan fingerprint density at radius 3 is 2.32 bits per heavy atom. The molecule has 150 valence electrons. The third-order valence-electron chi connectivity index (χ3n) is 4.67. The van der Waals surface area contributed by atoms with Crippen molar-refractivity contribution < 1.29 is 14.0 Å². The summed E-state index contributed by atoms with van der Waals surface area (Å²) >= 11 is 0. The number of hydrogen-bond acceptors (Lipinski definition) is 4. The summed E-state index contributed by atoms with van der Waals surface area (Å²) in [6.45, 7) is 5.57. The largest absolute Gasteiger partial charge is 0.352 e. The van der Waals surface area contributed by atoms with Crippen molar-refractivity contribution in [2.24, 2.45) is 0 Å². The molecule has 0 atom stereocenters. The average molecular weight is 406 g/mol. The van der Waals surface area contributed by atoms with E-state index in [1.165, 1.54) is 24.3 Å². The maximum atomic E-state index is 13.1. The molecule has 0 unspecified atom stereocenters. The van der Waals surface area contributed by atoms with Crippen LogP contribution in [0.1, 0.15) is 32.7 Å². The first kappa shape index (κ1) is 22.0. The lowest BCUT2D eigenvalue weighted by Gasteiger charge is -2.27. The summed E-state index contributed by atoms with van der Waals surface area (Å²) in [7, 11) is 0. The Morgan fingerprint density at radius 1 is 1.00 bits per heavy atom. The summed E-state index contributed by atoms with van der Waals surface area (Å²) < 4.78 is 13.1. The van der Waals surface area contributed by atoms with Gasteiger partial charge < -0.3 is 15.5 Å². The van der Waals surface area contributed by atoms with Crippen LogP contribution in [0.5, 0.6) is 0 Å². The van der Waals surface area contributed by atoms with E-state index in [4.69, 9.17) is 0 Å². The molecule has 2 aromatic carbocycles. The summed E-state index contributed by atoms with van der Waals surface area (Å²) in [5, 5.41) is 6.21. The van der Waals surface area contributed by atoms with Crippen LogP contribution in [0, 0.1) is 5.82 Å². The molecule has 7 heteroatoms. The van der Waals surface area contributed by atoms with Crippen LogP contribution in [0.15, 0.2) is 48.5 Å². The van der Waals surface area contributed by atoms with Crippen LogP contribution in [0.2, 0.25) is 0 Å². The number of piperazine rings is 1. The molecule has 2 N–H and O–H groups in total. The van der Waals surface area contributed by atoms with Crippen LogP contribution in [0.4, 0.5) is 4.39 Å². The second kappa shape index (κ2) is 10.9. The van der Waals surface area contributed by atoms with Gasteiger partial charge in [-0.15, -0.1) is 12.4 Å². The summed E-state index contributed by atoms with van der Waals surface area (Å²) in [5.41, 5.74) is 1.02. The summed E-state index contributed by atoms with van der Waals surface area (Å²) in [5.74, 6) is -0.954. The number of nitrogens with zero attached hydrogens (tertiary/aromatic N) is 1. The molecule has 0 saturated carbocycles. The van der Waals surface area contributed by atoms with Gasteiger partial charge in [-0.2, -0.15) is 0 Å². The molecule has 0 bridgehead atoms. The number of ketones is 1. The molecule has 0 spiro atoms.